The van der Waals surface area contributed by atoms with Gasteiger partial charge in [-0.3, -0.25) is 20.2 Å². The first-order valence-corrected chi connectivity index (χ1v) is 8.10. The number of carbonyl (C=O) groups excluding carboxylic acids is 1. The fourth-order valence-electron chi connectivity index (χ4n) is 2.03. The number of hydrogen-bond acceptors (Lipinski definition) is 6. The molecule has 0 unspecified atom stereocenters. The van der Waals surface area contributed by atoms with E-state index in [2.05, 4.69) is 22.6 Å². The van der Waals surface area contributed by atoms with Crippen molar-refractivity contribution in [2.75, 3.05) is 0 Å². The molecule has 0 aromatic heterocycles. The summed E-state index contributed by atoms with van der Waals surface area (Å²) in [5, 5.41) is 15.3. The summed E-state index contributed by atoms with van der Waals surface area (Å²) in [6.07, 6.45) is 2.75. The van der Waals surface area contributed by atoms with E-state index in [1.807, 2.05) is 36.4 Å². The van der Waals surface area contributed by atoms with Crippen LogP contribution in [0.3, 0.4) is 0 Å². The largest absolute Gasteiger partial charge is 0.313 e. The molecule has 0 radical (unpaired) electrons. The van der Waals surface area contributed by atoms with Gasteiger partial charge in [0.25, 0.3) is 0 Å². The normalized spacial score (nSPS) is 11.5. The third-order valence-corrected chi connectivity index (χ3v) is 3.51. The maximum absolute atomic E-state index is 12.2. The van der Waals surface area contributed by atoms with Gasteiger partial charge in [-0.1, -0.05) is 24.3 Å². The maximum Gasteiger partial charge on any atom is 0.187 e. The van der Waals surface area contributed by atoms with Gasteiger partial charge in [0.2, 0.25) is 0 Å². The van der Waals surface area contributed by atoms with Gasteiger partial charge in [0.05, 0.1) is 17.1 Å². The van der Waals surface area contributed by atoms with Crippen molar-refractivity contribution < 1.29 is 4.79 Å². The number of benzene rings is 2. The van der Waals surface area contributed by atoms with E-state index in [0.717, 1.165) is 11.1 Å². The Balaban J connectivity index is 2.07. The zero-order valence-corrected chi connectivity index (χ0v) is 14.4. The first-order valence-electron chi connectivity index (χ1n) is 7.65. The Morgan fingerprint density at radius 1 is 1.04 bits per heavy atom. The summed E-state index contributed by atoms with van der Waals surface area (Å²) in [5.74, 6) is -0.387. The van der Waals surface area contributed by atoms with Crippen LogP contribution in [0.1, 0.15) is 12.8 Å². The third-order valence-electron chi connectivity index (χ3n) is 3.23. The predicted octanol–water partition coefficient (Wildman–Crippen LogP) is 4.47. The summed E-state index contributed by atoms with van der Waals surface area (Å²) < 4.78 is 0. The summed E-state index contributed by atoms with van der Waals surface area (Å²) in [6.45, 7) is 0. The molecule has 0 aliphatic heterocycles. The molecule has 2 aromatic rings. The topological polar surface area (TPSA) is 89.5 Å². The first kappa shape index (κ1) is 18.5. The van der Waals surface area contributed by atoms with Crippen LogP contribution in [0.25, 0.3) is 0 Å². The molecule has 0 aliphatic carbocycles. The Labute approximate surface area is 152 Å². The van der Waals surface area contributed by atoms with Crippen LogP contribution in [0.2, 0.25) is 0 Å². The molecule has 5 nitrogen and oxygen atoms in total. The maximum atomic E-state index is 12.2. The number of rotatable bonds is 8. The Bertz CT molecular complexity index is 828. The molecule has 2 rings (SSSR count). The van der Waals surface area contributed by atoms with Gasteiger partial charge in [0.15, 0.2) is 5.78 Å². The highest BCUT2D eigenvalue weighted by Crippen LogP contribution is 2.16. The smallest absolute Gasteiger partial charge is 0.187 e. The van der Waals surface area contributed by atoms with Gasteiger partial charge in [0.1, 0.15) is 5.71 Å². The lowest BCUT2D eigenvalue weighted by molar-refractivity contribution is -0.111. The van der Waals surface area contributed by atoms with Crippen LogP contribution < -0.4 is 0 Å². The van der Waals surface area contributed by atoms with Gasteiger partial charge in [-0.15, -0.1) is 12.6 Å². The van der Waals surface area contributed by atoms with Gasteiger partial charge >= 0.3 is 0 Å². The van der Waals surface area contributed by atoms with Crippen LogP contribution in [0, 0.1) is 10.8 Å². The molecule has 2 N–H and O–H groups in total. The molecule has 0 saturated heterocycles. The number of thiol groups is 1. The molecule has 0 bridgehead atoms. The fourth-order valence-corrected chi connectivity index (χ4v) is 2.25. The van der Waals surface area contributed by atoms with Crippen molar-refractivity contribution in [3.63, 3.8) is 0 Å². The van der Waals surface area contributed by atoms with Crippen molar-refractivity contribution in [2.24, 2.45) is 9.98 Å². The lowest BCUT2D eigenvalue weighted by atomic mass is 10.1. The lowest BCUT2D eigenvalue weighted by Gasteiger charge is -2.04. The van der Waals surface area contributed by atoms with E-state index in [1.54, 1.807) is 18.2 Å². The predicted molar refractivity (Wildman–Crippen MR) is 106 cm³/mol. The lowest BCUT2D eigenvalue weighted by Crippen LogP contribution is -2.23. The molecule has 126 valence electrons. The van der Waals surface area contributed by atoms with Crippen molar-refractivity contribution in [1.29, 1.82) is 10.8 Å². The van der Waals surface area contributed by atoms with Crippen molar-refractivity contribution in [2.45, 2.75) is 17.7 Å². The van der Waals surface area contributed by atoms with Crippen LogP contribution in [-0.4, -0.2) is 29.6 Å². The van der Waals surface area contributed by atoms with Crippen LogP contribution in [0.15, 0.2) is 69.5 Å². The molecule has 0 amide bonds. The summed E-state index contributed by atoms with van der Waals surface area (Å²) in [7, 11) is 0. The number of ketones is 1. The molecular weight excluding hydrogens is 332 g/mol. The molecule has 0 spiro atoms. The number of para-hydroxylation sites is 1. The average Bonchev–Trinajstić information content (AvgIpc) is 2.61. The summed E-state index contributed by atoms with van der Waals surface area (Å²) in [4.78, 5) is 21.5. The minimum atomic E-state index is -0.387. The number of nitrogens with zero attached hydrogens (tertiary/aromatic N) is 2. The second kappa shape index (κ2) is 9.44. The molecule has 2 aromatic carbocycles. The SMILES string of the molecule is N=CCC(=Nc1ccccc1)C(=N)C(=O)CC=Nc1cccc(S)c1. The van der Waals surface area contributed by atoms with Crippen LogP contribution in [0.4, 0.5) is 11.4 Å². The highest BCUT2D eigenvalue weighted by Gasteiger charge is 2.14. The Hall–Kier alpha value is -2.86. The molecule has 25 heavy (non-hydrogen) atoms. The minimum absolute atomic E-state index is 0.00143. The number of aliphatic imine (C=N–C) groups is 2. The number of carbonyl (C=O) groups is 1. The molecule has 0 heterocycles. The van der Waals surface area contributed by atoms with Gasteiger partial charge in [-0.25, -0.2) is 0 Å². The standard InChI is InChI=1S/C19H18N4OS/c20-11-9-17(23-14-5-2-1-3-6-14)19(21)18(24)10-12-22-15-7-4-8-16(25)13-15/h1-8,11-13,20-21,25H,9-10H2. The van der Waals surface area contributed by atoms with Gasteiger partial charge in [-0.2, -0.15) is 0 Å². The summed E-state index contributed by atoms with van der Waals surface area (Å²) >= 11 is 4.24. The van der Waals surface area contributed by atoms with Crippen molar-refractivity contribution >= 4 is 53.6 Å². The molecule has 0 fully saturated rings. The molecule has 6 heteroatoms. The Kier molecular flexibility index (Phi) is 6.98. The zero-order valence-electron chi connectivity index (χ0n) is 13.5. The third kappa shape index (κ3) is 5.93. The molecule has 0 aliphatic rings. The van der Waals surface area contributed by atoms with Crippen LogP contribution in [0.5, 0.6) is 0 Å². The molecular formula is C19H18N4OS. The van der Waals surface area contributed by atoms with Crippen LogP contribution >= 0.6 is 12.6 Å². The van der Waals surface area contributed by atoms with Crippen LogP contribution in [-0.2, 0) is 4.79 Å². The minimum Gasteiger partial charge on any atom is -0.313 e. The van der Waals surface area contributed by atoms with E-state index in [4.69, 9.17) is 10.8 Å². The van der Waals surface area contributed by atoms with E-state index in [0.29, 0.717) is 11.4 Å². The van der Waals surface area contributed by atoms with Gasteiger partial charge in [0, 0.05) is 30.2 Å². The quantitative estimate of drug-likeness (QED) is 0.476. The Morgan fingerprint density at radius 3 is 2.44 bits per heavy atom. The first-order chi connectivity index (χ1) is 12.1. The number of nitrogens with one attached hydrogen (secondary N) is 2. The Morgan fingerprint density at radius 2 is 1.76 bits per heavy atom. The number of hydrogen-bond donors (Lipinski definition) is 3. The second-order valence-corrected chi connectivity index (χ2v) is 5.65. The van der Waals surface area contributed by atoms with Crippen molar-refractivity contribution in [3.8, 4) is 0 Å². The molecule has 0 saturated carbocycles. The van der Waals surface area contributed by atoms with E-state index < -0.39 is 0 Å². The monoisotopic (exact) mass is 350 g/mol. The highest BCUT2D eigenvalue weighted by molar-refractivity contribution is 7.80. The van der Waals surface area contributed by atoms with E-state index in [9.17, 15) is 4.79 Å². The van der Waals surface area contributed by atoms with Gasteiger partial charge in [-0.05, 0) is 30.3 Å². The highest BCUT2D eigenvalue weighted by atomic mass is 32.1. The average molecular weight is 350 g/mol. The van der Waals surface area contributed by atoms with Gasteiger partial charge < -0.3 is 5.41 Å². The molecule has 0 atom stereocenters. The fraction of sp³-hybridized carbons (Fsp3) is 0.105. The van der Waals surface area contributed by atoms with Crippen molar-refractivity contribution in [1.82, 2.24) is 0 Å². The van der Waals surface area contributed by atoms with Crippen molar-refractivity contribution in [3.05, 3.63) is 54.6 Å². The van der Waals surface area contributed by atoms with E-state index in [1.165, 1.54) is 6.21 Å². The second-order valence-electron chi connectivity index (χ2n) is 5.14. The summed E-state index contributed by atoms with van der Waals surface area (Å²) in [5.41, 5.74) is 1.43. The summed E-state index contributed by atoms with van der Waals surface area (Å²) in [6, 6.07) is 16.3. The van der Waals surface area contributed by atoms with E-state index >= 15 is 0 Å². The number of Topliss-reactive ketones (excluding diaryl/α,β-unsaturated/α-hetero) is 1. The zero-order chi connectivity index (χ0) is 18.1. The van der Waals surface area contributed by atoms with E-state index in [-0.39, 0.29) is 30.0 Å².